The molecule has 0 radical (unpaired) electrons. The molecular formula is C37H38Cl2F2N3O6S+. The molecule has 0 saturated carbocycles. The topological polar surface area (TPSA) is 100 Å². The van der Waals surface area contributed by atoms with Crippen LogP contribution < -0.4 is 19.8 Å². The molecule has 7 rings (SSSR count). The minimum atomic E-state index is -2.69. The number of aromatic amines is 1. The van der Waals surface area contributed by atoms with Crippen LogP contribution in [0.3, 0.4) is 0 Å². The highest BCUT2D eigenvalue weighted by Gasteiger charge is 2.38. The van der Waals surface area contributed by atoms with Crippen LogP contribution in [0.1, 0.15) is 68.2 Å². The number of piperidine rings is 3. The zero-order valence-corrected chi connectivity index (χ0v) is 30.3. The Labute approximate surface area is 308 Å². The minimum absolute atomic E-state index is 0.168. The van der Waals surface area contributed by atoms with Gasteiger partial charge in [0.15, 0.2) is 23.9 Å². The number of fused-ring (bicyclic) bond motifs is 3. The number of alkyl halides is 2. The predicted octanol–water partition coefficient (Wildman–Crippen LogP) is 7.43. The van der Waals surface area contributed by atoms with E-state index in [2.05, 4.69) is 15.2 Å². The van der Waals surface area contributed by atoms with Crippen molar-refractivity contribution in [2.24, 2.45) is 5.92 Å². The maximum atomic E-state index is 13.6. The number of benzene rings is 2. The zero-order chi connectivity index (χ0) is 36.1. The van der Waals surface area contributed by atoms with Gasteiger partial charge in [-0.3, -0.25) is 10.2 Å². The van der Waals surface area contributed by atoms with Crippen molar-refractivity contribution in [2.75, 3.05) is 33.9 Å². The summed E-state index contributed by atoms with van der Waals surface area (Å²) in [5.41, 5.74) is 1.42. The van der Waals surface area contributed by atoms with E-state index in [0.29, 0.717) is 49.7 Å². The van der Waals surface area contributed by atoms with Crippen LogP contribution in [0.2, 0.25) is 10.0 Å². The Hall–Kier alpha value is -3.81. The number of hydrogen-bond acceptors (Lipinski definition) is 9. The van der Waals surface area contributed by atoms with Gasteiger partial charge in [-0.15, -0.1) is 11.3 Å². The van der Waals surface area contributed by atoms with Crippen LogP contribution in [0, 0.1) is 5.92 Å². The van der Waals surface area contributed by atoms with Crippen LogP contribution in [0.15, 0.2) is 67.0 Å². The van der Waals surface area contributed by atoms with E-state index in [1.165, 1.54) is 43.8 Å². The highest BCUT2D eigenvalue weighted by molar-refractivity contribution is 7.13. The molecule has 3 aliphatic rings. The van der Waals surface area contributed by atoms with E-state index in [1.54, 1.807) is 48.8 Å². The molecule has 3 atom stereocenters. The summed E-state index contributed by atoms with van der Waals surface area (Å²) in [5.74, 6) is 0.153. The smallest absolute Gasteiger partial charge is 0.348 e. The van der Waals surface area contributed by atoms with Crippen molar-refractivity contribution in [1.29, 1.82) is 0 Å². The molecule has 5 heterocycles. The third-order valence-corrected chi connectivity index (χ3v) is 11.1. The standard InChI is InChI=1S/C37H37Cl2F2N3O6S/c1-47-29-8-6-22(15-31(29)48-2)30(16-26-27(38)18-42-19-28(26)39)49-36(45)33-9-7-25(51-33)17-43-34(23-4-3-5-24(14-23)35(40)41)37(46)50-32-20-44-12-10-21(32)11-13-44/h3-9,14-15,18-19,21,30,32,34-35,43H,10-13,16-17,20H2,1-2H3/p+1/t30-,32-,34?/m0/s1. The number of hydrogen-bond donors (Lipinski definition) is 1. The van der Waals surface area contributed by atoms with Crippen molar-refractivity contribution in [2.45, 2.75) is 50.5 Å². The van der Waals surface area contributed by atoms with Crippen molar-refractivity contribution in [3.8, 4) is 11.5 Å². The largest absolute Gasteiger partial charge is 0.493 e. The Morgan fingerprint density at radius 2 is 1.69 bits per heavy atom. The van der Waals surface area contributed by atoms with Gasteiger partial charge in [0.25, 0.3) is 6.43 Å². The third-order valence-electron chi connectivity index (χ3n) is 9.35. The molecule has 0 aliphatic carbocycles. The summed E-state index contributed by atoms with van der Waals surface area (Å²) in [4.78, 5) is 33.5. The highest BCUT2D eigenvalue weighted by atomic mass is 35.5. The summed E-state index contributed by atoms with van der Waals surface area (Å²) < 4.78 is 50.2. The monoisotopic (exact) mass is 760 g/mol. The van der Waals surface area contributed by atoms with Crippen molar-refractivity contribution in [3.63, 3.8) is 0 Å². The molecule has 2 N–H and O–H groups in total. The number of carbonyl (C=O) groups excluding carboxylic acids is 2. The Morgan fingerprint density at radius 3 is 2.35 bits per heavy atom. The molecule has 0 amide bonds. The molecule has 9 nitrogen and oxygen atoms in total. The number of methoxy groups -OCH3 is 2. The first-order valence-electron chi connectivity index (χ1n) is 16.5. The lowest BCUT2D eigenvalue weighted by Crippen LogP contribution is -2.52. The molecular weight excluding hydrogens is 723 g/mol. The van der Waals surface area contributed by atoms with Crippen molar-refractivity contribution in [3.05, 3.63) is 109 Å². The molecule has 3 aliphatic heterocycles. The summed E-state index contributed by atoms with van der Waals surface area (Å²) in [7, 11) is 3.05. The van der Waals surface area contributed by atoms with Crippen molar-refractivity contribution in [1.82, 2.24) is 10.2 Å². The Kier molecular flexibility index (Phi) is 12.1. The van der Waals surface area contributed by atoms with E-state index >= 15 is 0 Å². The van der Waals surface area contributed by atoms with E-state index in [-0.39, 0.29) is 30.6 Å². The maximum absolute atomic E-state index is 13.6. The summed E-state index contributed by atoms with van der Waals surface area (Å²) in [6, 6.07) is 13.4. The third kappa shape index (κ3) is 8.81. The number of nitrogens with one attached hydrogen (secondary N) is 2. The van der Waals surface area contributed by atoms with Gasteiger partial charge in [0.1, 0.15) is 33.2 Å². The molecule has 270 valence electrons. The minimum Gasteiger partial charge on any atom is -0.493 e. The van der Waals surface area contributed by atoms with E-state index in [1.807, 2.05) is 0 Å². The molecule has 0 spiro atoms. The number of pyridine rings is 1. The number of esters is 2. The summed E-state index contributed by atoms with van der Waals surface area (Å²) in [6.07, 6.45) is 1.55. The van der Waals surface area contributed by atoms with Crippen LogP contribution in [-0.4, -0.2) is 56.8 Å². The Bertz CT molecular complexity index is 1830. The average molecular weight is 762 g/mol. The van der Waals surface area contributed by atoms with E-state index in [4.69, 9.17) is 42.1 Å². The first-order valence-corrected chi connectivity index (χ1v) is 18.1. The molecule has 4 aromatic rings. The molecule has 3 saturated heterocycles. The first-order chi connectivity index (χ1) is 24.6. The summed E-state index contributed by atoms with van der Waals surface area (Å²) in [5, 5.41) is 3.97. The molecule has 3 fully saturated rings. The van der Waals surface area contributed by atoms with Crippen LogP contribution in [0.4, 0.5) is 8.78 Å². The summed E-state index contributed by atoms with van der Waals surface area (Å²) in [6.45, 7) is 2.81. The lowest BCUT2D eigenvalue weighted by Gasteiger charge is -2.44. The second-order valence-corrected chi connectivity index (χ2v) is 14.5. The van der Waals surface area contributed by atoms with Crippen LogP contribution >= 0.6 is 34.5 Å². The number of carbonyl (C=O) groups is 2. The maximum Gasteiger partial charge on any atom is 0.348 e. The molecule has 14 heteroatoms. The van der Waals surface area contributed by atoms with Crippen LogP contribution in [0.25, 0.3) is 0 Å². The lowest BCUT2D eigenvalue weighted by atomic mass is 9.86. The average Bonchev–Trinajstić information content (AvgIpc) is 3.62. The Morgan fingerprint density at radius 1 is 0.961 bits per heavy atom. The van der Waals surface area contributed by atoms with E-state index < -0.39 is 30.5 Å². The van der Waals surface area contributed by atoms with Gasteiger partial charge in [-0.1, -0.05) is 47.5 Å². The number of ether oxygens (including phenoxy) is 4. The van der Waals surface area contributed by atoms with Gasteiger partial charge in [0, 0.05) is 35.5 Å². The lowest BCUT2D eigenvalue weighted by molar-refractivity contribution is -0.377. The predicted molar refractivity (Wildman–Crippen MR) is 189 cm³/mol. The molecule has 2 aromatic carbocycles. The number of nitrogens with zero attached hydrogens (tertiary/aromatic N) is 1. The van der Waals surface area contributed by atoms with Gasteiger partial charge in [0.05, 0.1) is 14.2 Å². The summed E-state index contributed by atoms with van der Waals surface area (Å²) >= 11 is 14.1. The van der Waals surface area contributed by atoms with Gasteiger partial charge < -0.3 is 18.9 Å². The normalized spacial score (nSPS) is 19.4. The van der Waals surface area contributed by atoms with Gasteiger partial charge >= 0.3 is 11.9 Å². The number of rotatable bonds is 14. The molecule has 1 unspecified atom stereocenters. The van der Waals surface area contributed by atoms with Crippen molar-refractivity contribution < 1.29 is 42.3 Å². The van der Waals surface area contributed by atoms with E-state index in [9.17, 15) is 18.4 Å². The van der Waals surface area contributed by atoms with Gasteiger partial charge in [-0.05, 0) is 73.3 Å². The number of thiophene rings is 1. The molecule has 51 heavy (non-hydrogen) atoms. The fourth-order valence-corrected chi connectivity index (χ4v) is 7.96. The number of aromatic nitrogens is 1. The molecule has 2 bridgehead atoms. The quantitative estimate of drug-likeness (QED) is 0.133. The fraction of sp³-hybridized carbons (Fsp3) is 0.378. The fourth-order valence-electron chi connectivity index (χ4n) is 6.58. The van der Waals surface area contributed by atoms with Gasteiger partial charge in [-0.25, -0.2) is 23.4 Å². The second kappa shape index (κ2) is 16.7. The first kappa shape index (κ1) is 37.0. The highest BCUT2D eigenvalue weighted by Crippen LogP contribution is 2.36. The van der Waals surface area contributed by atoms with Crippen LogP contribution in [0.5, 0.6) is 11.5 Å². The molecule has 2 aromatic heterocycles. The van der Waals surface area contributed by atoms with Gasteiger partial charge in [0.2, 0.25) is 0 Å². The number of halogens is 4. The zero-order valence-electron chi connectivity index (χ0n) is 28.0. The van der Waals surface area contributed by atoms with E-state index in [0.717, 1.165) is 30.8 Å². The second-order valence-electron chi connectivity index (χ2n) is 12.5. The van der Waals surface area contributed by atoms with Crippen molar-refractivity contribution >= 4 is 46.5 Å². The SMILES string of the molecule is COc1ccc([C@H](Cc2c(Cl)c[nH+]cc2Cl)OC(=O)c2ccc(CNC(C(=O)O[C@H]3CN4CCC3CC4)c3cccc(C(F)F)c3)s2)cc1OC. The van der Waals surface area contributed by atoms with Crippen LogP contribution in [-0.2, 0) is 27.2 Å². The van der Waals surface area contributed by atoms with Gasteiger partial charge in [-0.2, -0.15) is 0 Å². The Balaban J connectivity index is 1.19. The number of H-pyrrole nitrogens is 1.